The van der Waals surface area contributed by atoms with Gasteiger partial charge in [-0.05, 0) is 54.9 Å². The molecule has 1 aliphatic heterocycles. The van der Waals surface area contributed by atoms with E-state index in [2.05, 4.69) is 28.6 Å². The molecular formula is C19H21Cl2N3O. The predicted molar refractivity (Wildman–Crippen MR) is 104 cm³/mol. The zero-order valence-corrected chi connectivity index (χ0v) is 15.8. The van der Waals surface area contributed by atoms with Crippen molar-refractivity contribution in [1.29, 1.82) is 0 Å². The predicted octanol–water partition coefficient (Wildman–Crippen LogP) is 4.71. The number of hydrogen-bond donors (Lipinski definition) is 2. The van der Waals surface area contributed by atoms with Crippen LogP contribution >= 0.6 is 23.2 Å². The minimum absolute atomic E-state index is 0.154. The third kappa shape index (κ3) is 4.09. The Morgan fingerprint density at radius 3 is 2.84 bits per heavy atom. The van der Waals surface area contributed by atoms with Crippen molar-refractivity contribution in [2.75, 3.05) is 25.5 Å². The number of urea groups is 1. The Morgan fingerprint density at radius 1 is 1.28 bits per heavy atom. The summed E-state index contributed by atoms with van der Waals surface area (Å²) in [6, 6.07) is 11.5. The van der Waals surface area contributed by atoms with Gasteiger partial charge < -0.3 is 15.5 Å². The lowest BCUT2D eigenvalue weighted by Gasteiger charge is -2.33. The van der Waals surface area contributed by atoms with Gasteiger partial charge in [0.05, 0.1) is 0 Å². The van der Waals surface area contributed by atoms with Gasteiger partial charge in [-0.15, -0.1) is 0 Å². The third-order valence-corrected chi connectivity index (χ3v) is 4.93. The minimum atomic E-state index is -0.202. The largest absolute Gasteiger partial charge is 0.338 e. The Labute approximate surface area is 158 Å². The fourth-order valence-electron chi connectivity index (χ4n) is 3.30. The Kier molecular flexibility index (Phi) is 5.52. The maximum atomic E-state index is 11.8. The maximum absolute atomic E-state index is 11.8. The van der Waals surface area contributed by atoms with Crippen LogP contribution < -0.4 is 10.6 Å². The second-order valence-electron chi connectivity index (χ2n) is 6.31. The van der Waals surface area contributed by atoms with Crippen LogP contribution in [0, 0.1) is 0 Å². The first kappa shape index (κ1) is 18.1. The van der Waals surface area contributed by atoms with Crippen LogP contribution in [0.5, 0.6) is 0 Å². The zero-order valence-electron chi connectivity index (χ0n) is 14.3. The molecule has 2 aromatic rings. The first-order chi connectivity index (χ1) is 12.0. The molecule has 0 radical (unpaired) electrons. The molecule has 1 unspecified atom stereocenters. The van der Waals surface area contributed by atoms with E-state index in [0.29, 0.717) is 16.6 Å². The number of hydrogen-bond acceptors (Lipinski definition) is 2. The van der Waals surface area contributed by atoms with E-state index in [1.54, 1.807) is 6.07 Å². The highest BCUT2D eigenvalue weighted by atomic mass is 35.5. The number of carbonyl (C=O) groups is 1. The molecule has 25 heavy (non-hydrogen) atoms. The second kappa shape index (κ2) is 7.65. The molecule has 0 fully saturated rings. The molecule has 3 rings (SSSR count). The molecule has 1 heterocycles. The summed E-state index contributed by atoms with van der Waals surface area (Å²) >= 11 is 12.7. The van der Waals surface area contributed by atoms with Crippen molar-refractivity contribution in [2.45, 2.75) is 19.4 Å². The number of carbonyl (C=O) groups excluding carboxylic acids is 1. The first-order valence-electron chi connectivity index (χ1n) is 8.29. The third-order valence-electron chi connectivity index (χ3n) is 4.38. The lowest BCUT2D eigenvalue weighted by atomic mass is 9.84. The highest BCUT2D eigenvalue weighted by Gasteiger charge is 2.27. The van der Waals surface area contributed by atoms with E-state index >= 15 is 0 Å². The van der Waals surface area contributed by atoms with Crippen LogP contribution in [0.2, 0.25) is 10.0 Å². The fraction of sp³-hybridized carbons (Fsp3) is 0.316. The monoisotopic (exact) mass is 377 g/mol. The van der Waals surface area contributed by atoms with Crippen molar-refractivity contribution < 1.29 is 4.79 Å². The van der Waals surface area contributed by atoms with Gasteiger partial charge in [0.15, 0.2) is 0 Å². The topological polar surface area (TPSA) is 44.4 Å². The normalized spacial score (nSPS) is 17.0. The van der Waals surface area contributed by atoms with Crippen LogP contribution in [-0.4, -0.2) is 31.1 Å². The number of nitrogens with one attached hydrogen (secondary N) is 2. The van der Waals surface area contributed by atoms with E-state index < -0.39 is 0 Å². The van der Waals surface area contributed by atoms with E-state index in [9.17, 15) is 4.79 Å². The SMILES string of the molecule is CCNC(=O)Nc1cccc(C2CN(C)Cc3c(Cl)cc(Cl)cc32)c1. The van der Waals surface area contributed by atoms with E-state index in [4.69, 9.17) is 23.2 Å². The number of amides is 2. The molecule has 132 valence electrons. The van der Waals surface area contributed by atoms with Crippen LogP contribution in [0.3, 0.4) is 0 Å². The molecule has 0 aliphatic carbocycles. The lowest BCUT2D eigenvalue weighted by molar-refractivity contribution is 0.252. The van der Waals surface area contributed by atoms with E-state index in [-0.39, 0.29) is 11.9 Å². The van der Waals surface area contributed by atoms with Crippen LogP contribution in [0.4, 0.5) is 10.5 Å². The summed E-state index contributed by atoms with van der Waals surface area (Å²) in [6.45, 7) is 4.15. The average Bonchev–Trinajstić information content (AvgIpc) is 2.55. The Bertz CT molecular complexity index is 794. The quantitative estimate of drug-likeness (QED) is 0.812. The second-order valence-corrected chi connectivity index (χ2v) is 7.16. The van der Waals surface area contributed by atoms with Gasteiger partial charge in [0, 0.05) is 41.3 Å². The Morgan fingerprint density at radius 2 is 2.08 bits per heavy atom. The fourth-order valence-corrected chi connectivity index (χ4v) is 3.87. The van der Waals surface area contributed by atoms with Crippen LogP contribution in [0.25, 0.3) is 0 Å². The van der Waals surface area contributed by atoms with Crippen molar-refractivity contribution in [3.8, 4) is 0 Å². The number of benzene rings is 2. The average molecular weight is 378 g/mol. The summed E-state index contributed by atoms with van der Waals surface area (Å²) in [5.74, 6) is 0.154. The summed E-state index contributed by atoms with van der Waals surface area (Å²) in [5, 5.41) is 6.95. The van der Waals surface area contributed by atoms with E-state index in [0.717, 1.165) is 35.5 Å². The first-order valence-corrected chi connectivity index (χ1v) is 9.04. The summed E-state index contributed by atoms with van der Waals surface area (Å²) < 4.78 is 0. The number of anilines is 1. The van der Waals surface area contributed by atoms with Crippen molar-refractivity contribution in [3.05, 3.63) is 63.1 Å². The van der Waals surface area contributed by atoms with Gasteiger partial charge in [0.2, 0.25) is 0 Å². The van der Waals surface area contributed by atoms with Gasteiger partial charge in [-0.1, -0.05) is 35.3 Å². The Balaban J connectivity index is 1.96. The van der Waals surface area contributed by atoms with E-state index in [1.165, 1.54) is 0 Å². The minimum Gasteiger partial charge on any atom is -0.338 e. The molecular weight excluding hydrogens is 357 g/mol. The van der Waals surface area contributed by atoms with Crippen LogP contribution in [0.15, 0.2) is 36.4 Å². The van der Waals surface area contributed by atoms with Gasteiger partial charge in [-0.3, -0.25) is 0 Å². The molecule has 0 saturated heterocycles. The van der Waals surface area contributed by atoms with Crippen LogP contribution in [-0.2, 0) is 6.54 Å². The standard InChI is InChI=1S/C19H21Cl2N3O/c1-3-22-19(25)23-14-6-4-5-12(7-14)16-10-24(2)11-17-15(16)8-13(20)9-18(17)21/h4-9,16H,3,10-11H2,1-2H3,(H2,22,23,25). The van der Waals surface area contributed by atoms with Gasteiger partial charge in [0.1, 0.15) is 0 Å². The van der Waals surface area contributed by atoms with Crippen molar-refractivity contribution >= 4 is 34.9 Å². The number of fused-ring (bicyclic) bond motifs is 1. The molecule has 0 bridgehead atoms. The molecule has 1 aliphatic rings. The Hall–Kier alpha value is -1.75. The summed E-state index contributed by atoms with van der Waals surface area (Å²) in [7, 11) is 2.08. The molecule has 2 aromatic carbocycles. The number of likely N-dealkylation sites (N-methyl/N-ethyl adjacent to an activating group) is 1. The van der Waals surface area contributed by atoms with Crippen molar-refractivity contribution in [3.63, 3.8) is 0 Å². The van der Waals surface area contributed by atoms with Crippen LogP contribution in [0.1, 0.15) is 29.5 Å². The number of rotatable bonds is 3. The smallest absolute Gasteiger partial charge is 0.319 e. The summed E-state index contributed by atoms with van der Waals surface area (Å²) in [6.07, 6.45) is 0. The highest BCUT2D eigenvalue weighted by molar-refractivity contribution is 6.35. The number of halogens is 2. The van der Waals surface area contributed by atoms with Gasteiger partial charge in [-0.25, -0.2) is 4.79 Å². The highest BCUT2D eigenvalue weighted by Crippen LogP contribution is 2.38. The maximum Gasteiger partial charge on any atom is 0.319 e. The van der Waals surface area contributed by atoms with Gasteiger partial charge in [0.25, 0.3) is 0 Å². The molecule has 4 nitrogen and oxygen atoms in total. The van der Waals surface area contributed by atoms with Gasteiger partial charge in [-0.2, -0.15) is 0 Å². The molecule has 1 atom stereocenters. The van der Waals surface area contributed by atoms with Crippen molar-refractivity contribution in [2.24, 2.45) is 0 Å². The molecule has 0 saturated carbocycles. The van der Waals surface area contributed by atoms with E-state index in [1.807, 2.05) is 31.2 Å². The lowest BCUT2D eigenvalue weighted by Crippen LogP contribution is -2.31. The molecule has 6 heteroatoms. The van der Waals surface area contributed by atoms with Gasteiger partial charge >= 0.3 is 6.03 Å². The molecule has 2 amide bonds. The van der Waals surface area contributed by atoms with Crippen molar-refractivity contribution in [1.82, 2.24) is 10.2 Å². The zero-order chi connectivity index (χ0) is 18.0. The molecule has 2 N–H and O–H groups in total. The molecule has 0 spiro atoms. The molecule has 0 aromatic heterocycles. The summed E-state index contributed by atoms with van der Waals surface area (Å²) in [4.78, 5) is 14.0. The summed E-state index contributed by atoms with van der Waals surface area (Å²) in [5.41, 5.74) is 4.17. The number of nitrogens with zero attached hydrogens (tertiary/aromatic N) is 1.